The molecule has 0 heterocycles. The molecule has 0 aromatic rings. The maximum absolute atomic E-state index is 10.5. The second kappa shape index (κ2) is 6.01. The highest BCUT2D eigenvalue weighted by molar-refractivity contribution is 5.67. The molecule has 0 fully saturated rings. The molecular weight excluding hydrogens is 142 g/mol. The molecule has 0 bridgehead atoms. The highest BCUT2D eigenvalue weighted by Crippen LogP contribution is 2.05. The molecule has 0 aliphatic rings. The second-order valence-electron chi connectivity index (χ2n) is 2.75. The number of amides is 1. The van der Waals surface area contributed by atoms with Gasteiger partial charge < -0.3 is 10.1 Å². The van der Waals surface area contributed by atoms with Gasteiger partial charge in [-0.15, -0.1) is 0 Å². The normalized spacial score (nSPS) is 8.73. The molecule has 0 aromatic carbocycles. The summed E-state index contributed by atoms with van der Waals surface area (Å²) in [6.45, 7) is 5.46. The van der Waals surface area contributed by atoms with E-state index >= 15 is 0 Å². The van der Waals surface area contributed by atoms with Gasteiger partial charge in [0.15, 0.2) is 0 Å². The Kier molecular flexibility index (Phi) is 9.12. The van der Waals surface area contributed by atoms with Crippen LogP contribution in [0.2, 0.25) is 0 Å². The van der Waals surface area contributed by atoms with Crippen LogP contribution in [0.25, 0.3) is 0 Å². The minimum atomic E-state index is -0.389. The molecule has 0 radical (unpaired) electrons. The van der Waals surface area contributed by atoms with Crippen molar-refractivity contribution in [3.63, 3.8) is 0 Å². The van der Waals surface area contributed by atoms with E-state index in [9.17, 15) is 4.79 Å². The molecule has 0 aliphatic carbocycles. The molecule has 3 nitrogen and oxygen atoms in total. The fraction of sp³-hybridized carbons (Fsp3) is 0.875. The molecule has 1 N–H and O–H groups in total. The van der Waals surface area contributed by atoms with E-state index in [4.69, 9.17) is 4.74 Å². The molecule has 0 unspecified atom stereocenters. The van der Waals surface area contributed by atoms with Gasteiger partial charge in [0.2, 0.25) is 0 Å². The van der Waals surface area contributed by atoms with Crippen LogP contribution in [0.1, 0.15) is 35.6 Å². The topological polar surface area (TPSA) is 38.3 Å². The number of rotatable bonds is 0. The predicted molar refractivity (Wildman–Crippen MR) is 48.8 cm³/mol. The van der Waals surface area contributed by atoms with Gasteiger partial charge in [-0.3, -0.25) is 0 Å². The van der Waals surface area contributed by atoms with E-state index in [1.54, 1.807) is 0 Å². The van der Waals surface area contributed by atoms with Gasteiger partial charge in [-0.05, 0) is 20.8 Å². The maximum Gasteiger partial charge on any atom is 0.407 e. The van der Waals surface area contributed by atoms with Crippen molar-refractivity contribution in [2.24, 2.45) is 0 Å². The van der Waals surface area contributed by atoms with Crippen molar-refractivity contribution in [1.82, 2.24) is 5.32 Å². The molecule has 3 heteroatoms. The van der Waals surface area contributed by atoms with Gasteiger partial charge in [0.1, 0.15) is 5.60 Å². The molecule has 1 amide bonds. The van der Waals surface area contributed by atoms with Gasteiger partial charge in [0, 0.05) is 7.05 Å². The summed E-state index contributed by atoms with van der Waals surface area (Å²) in [5, 5.41) is 2.36. The molecule has 0 rings (SSSR count). The Morgan fingerprint density at radius 3 is 1.73 bits per heavy atom. The Labute approximate surface area is 70.1 Å². The van der Waals surface area contributed by atoms with Gasteiger partial charge in [0.05, 0.1) is 0 Å². The predicted octanol–water partition coefficient (Wildman–Crippen LogP) is 2.41. The first-order valence-corrected chi connectivity index (χ1v) is 2.86. The number of nitrogens with one attached hydrogen (secondary N) is 1. The van der Waals surface area contributed by atoms with Crippen molar-refractivity contribution in [2.45, 2.75) is 41.2 Å². The van der Waals surface area contributed by atoms with E-state index in [1.807, 2.05) is 20.8 Å². The van der Waals surface area contributed by atoms with Crippen LogP contribution in [0.5, 0.6) is 0 Å². The molecular formula is C8H21NO2. The molecule has 0 atom stereocenters. The summed E-state index contributed by atoms with van der Waals surface area (Å²) < 4.78 is 4.84. The minimum Gasteiger partial charge on any atom is -0.444 e. The Bertz CT molecular complexity index is 105. The molecule has 70 valence electrons. The van der Waals surface area contributed by atoms with Crippen molar-refractivity contribution in [3.8, 4) is 0 Å². The quantitative estimate of drug-likeness (QED) is 0.595. The Balaban J connectivity index is -0.000000320. The first-order chi connectivity index (χ1) is 3.95. The fourth-order valence-electron chi connectivity index (χ4n) is 0.329. The summed E-state index contributed by atoms with van der Waals surface area (Å²) >= 11 is 0. The van der Waals surface area contributed by atoms with Gasteiger partial charge in [0.25, 0.3) is 0 Å². The summed E-state index contributed by atoms with van der Waals surface area (Å²) in [6.07, 6.45) is -0.387. The third kappa shape index (κ3) is 12.5. The lowest BCUT2D eigenvalue weighted by Crippen LogP contribution is -2.30. The molecule has 0 saturated carbocycles. The number of hydrogen-bond donors (Lipinski definition) is 1. The lowest BCUT2D eigenvalue weighted by atomic mass is 10.2. The van der Waals surface area contributed by atoms with Crippen LogP contribution in [0, 0.1) is 0 Å². The highest BCUT2D eigenvalue weighted by atomic mass is 16.6. The Hall–Kier alpha value is -0.730. The van der Waals surface area contributed by atoms with Crippen molar-refractivity contribution in [2.75, 3.05) is 7.05 Å². The van der Waals surface area contributed by atoms with Crippen LogP contribution < -0.4 is 5.32 Å². The van der Waals surface area contributed by atoms with Crippen LogP contribution in [-0.4, -0.2) is 18.7 Å². The zero-order valence-corrected chi connectivity index (χ0v) is 6.32. The zero-order valence-electron chi connectivity index (χ0n) is 6.32. The second-order valence-corrected chi connectivity index (χ2v) is 2.75. The highest BCUT2D eigenvalue weighted by Gasteiger charge is 2.13. The van der Waals surface area contributed by atoms with Crippen LogP contribution >= 0.6 is 0 Å². The minimum absolute atomic E-state index is 0. The molecule has 0 saturated heterocycles. The van der Waals surface area contributed by atoms with Crippen LogP contribution in [0.15, 0.2) is 0 Å². The SMILES string of the molecule is C.C.CNC(=O)OC(C)(C)C. The monoisotopic (exact) mass is 163 g/mol. The third-order valence-corrected chi connectivity index (χ3v) is 0.603. The first kappa shape index (κ1) is 16.7. The van der Waals surface area contributed by atoms with E-state index in [1.165, 1.54) is 7.05 Å². The summed E-state index contributed by atoms with van der Waals surface area (Å²) in [4.78, 5) is 10.5. The molecule has 11 heavy (non-hydrogen) atoms. The first-order valence-electron chi connectivity index (χ1n) is 2.86. The smallest absolute Gasteiger partial charge is 0.407 e. The van der Waals surface area contributed by atoms with Crippen molar-refractivity contribution in [3.05, 3.63) is 0 Å². The number of carbonyl (C=O) groups excluding carboxylic acids is 1. The standard InChI is InChI=1S/C6H13NO2.2CH4/c1-6(2,3)9-5(8)7-4;;/h1-4H3,(H,7,8);2*1H4. The fourth-order valence-corrected chi connectivity index (χ4v) is 0.329. The van der Waals surface area contributed by atoms with Crippen molar-refractivity contribution < 1.29 is 9.53 Å². The average molecular weight is 163 g/mol. The number of carbonyl (C=O) groups is 1. The Morgan fingerprint density at radius 2 is 1.64 bits per heavy atom. The lowest BCUT2D eigenvalue weighted by Gasteiger charge is -2.18. The van der Waals surface area contributed by atoms with Crippen molar-refractivity contribution >= 4 is 6.09 Å². The van der Waals surface area contributed by atoms with Crippen LogP contribution in [0.3, 0.4) is 0 Å². The van der Waals surface area contributed by atoms with Gasteiger partial charge in [-0.25, -0.2) is 4.79 Å². The van der Waals surface area contributed by atoms with E-state index < -0.39 is 0 Å². The van der Waals surface area contributed by atoms with Gasteiger partial charge in [-0.2, -0.15) is 0 Å². The van der Waals surface area contributed by atoms with E-state index in [0.29, 0.717) is 0 Å². The average Bonchev–Trinajstić information content (AvgIpc) is 1.62. The van der Waals surface area contributed by atoms with E-state index in [2.05, 4.69) is 5.32 Å². The number of ether oxygens (including phenoxy) is 1. The Morgan fingerprint density at radius 1 is 1.27 bits per heavy atom. The van der Waals surface area contributed by atoms with Crippen molar-refractivity contribution in [1.29, 1.82) is 0 Å². The number of alkyl carbamates (subject to hydrolysis) is 1. The molecule has 0 spiro atoms. The molecule has 0 aliphatic heterocycles. The van der Waals surface area contributed by atoms with E-state index in [0.717, 1.165) is 0 Å². The lowest BCUT2D eigenvalue weighted by molar-refractivity contribution is 0.0541. The number of hydrogen-bond acceptors (Lipinski definition) is 2. The summed E-state index contributed by atoms with van der Waals surface area (Å²) in [5.74, 6) is 0. The summed E-state index contributed by atoms with van der Waals surface area (Å²) in [6, 6.07) is 0. The van der Waals surface area contributed by atoms with Gasteiger partial charge >= 0.3 is 6.09 Å². The molecule has 0 aromatic heterocycles. The largest absolute Gasteiger partial charge is 0.444 e. The summed E-state index contributed by atoms with van der Waals surface area (Å²) in [7, 11) is 1.54. The van der Waals surface area contributed by atoms with Crippen LogP contribution in [-0.2, 0) is 4.74 Å². The van der Waals surface area contributed by atoms with E-state index in [-0.39, 0.29) is 26.5 Å². The summed E-state index contributed by atoms with van der Waals surface area (Å²) in [5.41, 5.74) is -0.389. The third-order valence-electron chi connectivity index (χ3n) is 0.603. The maximum atomic E-state index is 10.5. The van der Waals surface area contributed by atoms with Crippen LogP contribution in [0.4, 0.5) is 4.79 Å². The van der Waals surface area contributed by atoms with Gasteiger partial charge in [-0.1, -0.05) is 14.9 Å². The zero-order chi connectivity index (χ0) is 7.49.